The number of carbonyl (C=O) groups is 2. The summed E-state index contributed by atoms with van der Waals surface area (Å²) in [5.41, 5.74) is 0.707. The number of rotatable bonds is 1. The standard InChI is InChI=1S/C10H9NO3/c12-7-3-1-6(2-4-7)10-8(13)5-9(14)11-10/h1-4,10,12H,5H2,(H,11,14). The van der Waals surface area contributed by atoms with E-state index >= 15 is 0 Å². The van der Waals surface area contributed by atoms with Crippen LogP contribution in [0.5, 0.6) is 5.75 Å². The number of hydrogen-bond acceptors (Lipinski definition) is 3. The summed E-state index contributed by atoms with van der Waals surface area (Å²) in [6.45, 7) is 0. The molecule has 1 aromatic rings. The van der Waals surface area contributed by atoms with Crippen molar-refractivity contribution in [1.29, 1.82) is 0 Å². The maximum Gasteiger partial charge on any atom is 0.228 e. The normalized spacial score (nSPS) is 21.0. The van der Waals surface area contributed by atoms with Gasteiger partial charge in [-0.15, -0.1) is 0 Å². The monoisotopic (exact) mass is 191 g/mol. The molecule has 1 atom stereocenters. The minimum absolute atomic E-state index is 0.0501. The van der Waals surface area contributed by atoms with Crippen LogP contribution in [0.3, 0.4) is 0 Å². The Kier molecular flexibility index (Phi) is 1.96. The second-order valence-electron chi connectivity index (χ2n) is 3.24. The molecule has 1 heterocycles. The third kappa shape index (κ3) is 1.46. The summed E-state index contributed by atoms with van der Waals surface area (Å²) in [5.74, 6) is -0.223. The fourth-order valence-corrected chi connectivity index (χ4v) is 1.49. The quantitative estimate of drug-likeness (QED) is 0.636. The zero-order chi connectivity index (χ0) is 10.1. The lowest BCUT2D eigenvalue weighted by Crippen LogP contribution is -2.20. The van der Waals surface area contributed by atoms with Crippen LogP contribution in [0.25, 0.3) is 0 Å². The lowest BCUT2D eigenvalue weighted by molar-refractivity contribution is -0.122. The van der Waals surface area contributed by atoms with Crippen molar-refractivity contribution >= 4 is 11.7 Å². The summed E-state index contributed by atoms with van der Waals surface area (Å²) < 4.78 is 0. The average molecular weight is 191 g/mol. The van der Waals surface area contributed by atoms with Gasteiger partial charge >= 0.3 is 0 Å². The van der Waals surface area contributed by atoms with E-state index in [0.717, 1.165) is 0 Å². The van der Waals surface area contributed by atoms with Crippen LogP contribution in [0.4, 0.5) is 0 Å². The molecule has 0 saturated carbocycles. The van der Waals surface area contributed by atoms with Gasteiger partial charge in [0.15, 0.2) is 5.78 Å². The van der Waals surface area contributed by atoms with E-state index in [1.54, 1.807) is 12.1 Å². The molecular formula is C10H9NO3. The predicted octanol–water partition coefficient (Wildman–Crippen LogP) is 0.522. The van der Waals surface area contributed by atoms with Crippen molar-refractivity contribution in [3.8, 4) is 5.75 Å². The van der Waals surface area contributed by atoms with Gasteiger partial charge in [0.25, 0.3) is 0 Å². The molecule has 2 N–H and O–H groups in total. The summed E-state index contributed by atoms with van der Waals surface area (Å²) in [6, 6.07) is 5.70. The SMILES string of the molecule is O=C1CC(=O)C(c2ccc(O)cc2)N1. The van der Waals surface area contributed by atoms with Crippen LogP contribution in [-0.2, 0) is 9.59 Å². The molecule has 1 aromatic carbocycles. The van der Waals surface area contributed by atoms with Gasteiger partial charge in [0.05, 0.1) is 6.42 Å². The molecule has 0 bridgehead atoms. The first-order chi connectivity index (χ1) is 6.66. The molecule has 14 heavy (non-hydrogen) atoms. The molecule has 1 aliphatic rings. The van der Waals surface area contributed by atoms with E-state index in [2.05, 4.69) is 5.32 Å². The highest BCUT2D eigenvalue weighted by molar-refractivity contribution is 6.07. The lowest BCUT2D eigenvalue weighted by atomic mass is 10.0. The number of phenols is 1. The highest BCUT2D eigenvalue weighted by Gasteiger charge is 2.30. The number of Topliss-reactive ketones (excluding diaryl/α,β-unsaturated/α-hetero) is 1. The zero-order valence-electron chi connectivity index (χ0n) is 7.36. The summed E-state index contributed by atoms with van der Waals surface area (Å²) in [6.07, 6.45) is -0.0501. The van der Waals surface area contributed by atoms with E-state index in [9.17, 15) is 9.59 Å². The zero-order valence-corrected chi connectivity index (χ0v) is 7.36. The second kappa shape index (κ2) is 3.14. The molecular weight excluding hydrogens is 182 g/mol. The van der Waals surface area contributed by atoms with Gasteiger partial charge in [-0.2, -0.15) is 0 Å². The van der Waals surface area contributed by atoms with Crippen LogP contribution in [0.15, 0.2) is 24.3 Å². The van der Waals surface area contributed by atoms with Crippen molar-refractivity contribution in [3.63, 3.8) is 0 Å². The van der Waals surface area contributed by atoms with Gasteiger partial charge in [0, 0.05) is 0 Å². The topological polar surface area (TPSA) is 66.4 Å². The second-order valence-corrected chi connectivity index (χ2v) is 3.24. The first-order valence-electron chi connectivity index (χ1n) is 4.28. The highest BCUT2D eigenvalue weighted by atomic mass is 16.3. The van der Waals surface area contributed by atoms with Gasteiger partial charge in [-0.25, -0.2) is 0 Å². The van der Waals surface area contributed by atoms with E-state index in [1.807, 2.05) is 0 Å². The first kappa shape index (κ1) is 8.74. The van der Waals surface area contributed by atoms with Gasteiger partial charge in [-0.05, 0) is 17.7 Å². The van der Waals surface area contributed by atoms with Crippen molar-refractivity contribution in [2.75, 3.05) is 0 Å². The molecule has 0 aromatic heterocycles. The molecule has 4 nitrogen and oxygen atoms in total. The fraction of sp³-hybridized carbons (Fsp3) is 0.200. The van der Waals surface area contributed by atoms with Gasteiger partial charge in [-0.1, -0.05) is 12.1 Å². The Labute approximate surface area is 80.6 Å². The Bertz CT molecular complexity index is 383. The first-order valence-corrected chi connectivity index (χ1v) is 4.28. The summed E-state index contributed by atoms with van der Waals surface area (Å²) >= 11 is 0. The maximum atomic E-state index is 11.3. The van der Waals surface area contributed by atoms with E-state index in [1.165, 1.54) is 12.1 Å². The molecule has 1 aliphatic heterocycles. The maximum absolute atomic E-state index is 11.3. The molecule has 0 aliphatic carbocycles. The molecule has 4 heteroatoms. The predicted molar refractivity (Wildman–Crippen MR) is 48.6 cm³/mol. The molecule has 72 valence electrons. The van der Waals surface area contributed by atoms with Gasteiger partial charge < -0.3 is 10.4 Å². The van der Waals surface area contributed by atoms with Crippen molar-refractivity contribution in [1.82, 2.24) is 5.32 Å². The summed E-state index contributed by atoms with van der Waals surface area (Å²) in [5, 5.41) is 11.6. The molecule has 1 amide bonds. The molecule has 1 unspecified atom stereocenters. The largest absolute Gasteiger partial charge is 0.508 e. The minimum Gasteiger partial charge on any atom is -0.508 e. The number of ketones is 1. The van der Waals surface area contributed by atoms with E-state index in [-0.39, 0.29) is 23.9 Å². The number of nitrogens with one attached hydrogen (secondary N) is 1. The summed E-state index contributed by atoms with van der Waals surface area (Å²) in [4.78, 5) is 22.2. The van der Waals surface area contributed by atoms with E-state index in [4.69, 9.17) is 5.11 Å². The smallest absolute Gasteiger partial charge is 0.228 e. The third-order valence-corrected chi connectivity index (χ3v) is 2.19. The molecule has 2 rings (SSSR count). The van der Waals surface area contributed by atoms with Crippen LogP contribution in [-0.4, -0.2) is 16.8 Å². The number of amides is 1. The Morgan fingerprint density at radius 2 is 1.86 bits per heavy atom. The van der Waals surface area contributed by atoms with Crippen molar-refractivity contribution in [2.45, 2.75) is 12.5 Å². The van der Waals surface area contributed by atoms with E-state index in [0.29, 0.717) is 5.56 Å². The van der Waals surface area contributed by atoms with Crippen LogP contribution >= 0.6 is 0 Å². The fourth-order valence-electron chi connectivity index (χ4n) is 1.49. The molecule has 1 fully saturated rings. The van der Waals surface area contributed by atoms with Crippen LogP contribution in [0.1, 0.15) is 18.0 Å². The van der Waals surface area contributed by atoms with Crippen LogP contribution in [0, 0.1) is 0 Å². The lowest BCUT2D eigenvalue weighted by Gasteiger charge is -2.08. The van der Waals surface area contributed by atoms with Gasteiger partial charge in [-0.3, -0.25) is 9.59 Å². The van der Waals surface area contributed by atoms with Crippen LogP contribution < -0.4 is 5.32 Å². The highest BCUT2D eigenvalue weighted by Crippen LogP contribution is 2.22. The van der Waals surface area contributed by atoms with Gasteiger partial charge in [0.1, 0.15) is 11.8 Å². The Balaban J connectivity index is 2.27. The third-order valence-electron chi connectivity index (χ3n) is 2.19. The number of aromatic hydroxyl groups is 1. The Morgan fingerprint density at radius 1 is 1.21 bits per heavy atom. The van der Waals surface area contributed by atoms with E-state index < -0.39 is 6.04 Å². The van der Waals surface area contributed by atoms with Crippen molar-refractivity contribution < 1.29 is 14.7 Å². The van der Waals surface area contributed by atoms with Crippen molar-refractivity contribution in [3.05, 3.63) is 29.8 Å². The average Bonchev–Trinajstić information content (AvgIpc) is 2.47. The minimum atomic E-state index is -0.539. The number of hydrogen-bond donors (Lipinski definition) is 2. The Hall–Kier alpha value is -1.84. The number of carbonyl (C=O) groups excluding carboxylic acids is 2. The van der Waals surface area contributed by atoms with Crippen molar-refractivity contribution in [2.24, 2.45) is 0 Å². The van der Waals surface area contributed by atoms with Gasteiger partial charge in [0.2, 0.25) is 5.91 Å². The van der Waals surface area contributed by atoms with Crippen LogP contribution in [0.2, 0.25) is 0 Å². The molecule has 0 spiro atoms. The molecule has 0 radical (unpaired) electrons. The summed E-state index contributed by atoms with van der Waals surface area (Å²) in [7, 11) is 0. The molecule has 1 saturated heterocycles. The number of phenolic OH excluding ortho intramolecular Hbond substituents is 1. The Morgan fingerprint density at radius 3 is 2.36 bits per heavy atom. The number of benzene rings is 1.